The largest absolute Gasteiger partial charge is 0.445 e. The van der Waals surface area contributed by atoms with E-state index >= 15 is 0 Å². The molecule has 2 aliphatic rings. The second-order valence-electron chi connectivity index (χ2n) is 11.4. The molecule has 0 aromatic heterocycles. The molecule has 3 aromatic carbocycles. The summed E-state index contributed by atoms with van der Waals surface area (Å²) in [6.45, 7) is 9.52. The maximum Gasteiger partial charge on any atom is 0.410 e. The van der Waals surface area contributed by atoms with Crippen molar-refractivity contribution in [3.8, 4) is 0 Å². The van der Waals surface area contributed by atoms with Gasteiger partial charge in [-0.2, -0.15) is 0 Å². The lowest BCUT2D eigenvalue weighted by Crippen LogP contribution is -2.50. The number of thioether (sulfide) groups is 1. The van der Waals surface area contributed by atoms with E-state index in [1.54, 1.807) is 26.9 Å². The summed E-state index contributed by atoms with van der Waals surface area (Å²) in [5.41, 5.74) is 3.43. The molecule has 3 aromatic rings. The number of hydrogen-bond donors (Lipinski definition) is 0. The van der Waals surface area contributed by atoms with Crippen LogP contribution in [0.4, 0.5) is 9.59 Å². The quantitative estimate of drug-likeness (QED) is 0.134. The van der Waals surface area contributed by atoms with Crippen molar-refractivity contribution in [3.05, 3.63) is 145 Å². The van der Waals surface area contributed by atoms with Gasteiger partial charge in [-0.05, 0) is 23.1 Å². The first-order valence-electron chi connectivity index (χ1n) is 15.8. The van der Waals surface area contributed by atoms with Gasteiger partial charge in [-0.1, -0.05) is 122 Å². The predicted molar refractivity (Wildman–Crippen MR) is 186 cm³/mol. The van der Waals surface area contributed by atoms with Crippen molar-refractivity contribution >= 4 is 29.9 Å². The standard InChI is InChI=1S/C38H41N3O5S/c1-3-26-45-36(43)40-24-22-39(23-25-40)35(42)21-20-33-28-34(29-41(33)37(44)46-27-4-2)47-38(30-14-8-5-9-15-30,31-16-10-6-11-17-31)32-18-12-7-13-19-32/h3-21,33-34H,1-2,22-29H2. The summed E-state index contributed by atoms with van der Waals surface area (Å²) in [5, 5.41) is 0.0155. The molecular formula is C38H41N3O5S. The first kappa shape index (κ1) is 33.6. The molecule has 0 bridgehead atoms. The number of ether oxygens (including phenoxy) is 2. The van der Waals surface area contributed by atoms with Crippen LogP contribution in [0.5, 0.6) is 0 Å². The summed E-state index contributed by atoms with van der Waals surface area (Å²) < 4.78 is 10.1. The van der Waals surface area contributed by atoms with Crippen molar-refractivity contribution in [2.24, 2.45) is 0 Å². The Labute approximate surface area is 281 Å². The molecule has 0 saturated carbocycles. The Hall–Kier alpha value is -4.76. The van der Waals surface area contributed by atoms with E-state index < -0.39 is 16.9 Å². The van der Waals surface area contributed by atoms with Crippen molar-refractivity contribution in [1.29, 1.82) is 0 Å². The highest BCUT2D eigenvalue weighted by Gasteiger charge is 2.44. The Bertz CT molecular complexity index is 1440. The van der Waals surface area contributed by atoms with E-state index in [0.717, 1.165) is 16.7 Å². The van der Waals surface area contributed by atoms with Crippen molar-refractivity contribution in [2.75, 3.05) is 45.9 Å². The lowest BCUT2D eigenvalue weighted by Gasteiger charge is -2.37. The topological polar surface area (TPSA) is 79.4 Å². The van der Waals surface area contributed by atoms with Crippen molar-refractivity contribution in [2.45, 2.75) is 22.5 Å². The molecule has 8 nitrogen and oxygen atoms in total. The Kier molecular flexibility index (Phi) is 11.6. The molecule has 0 spiro atoms. The lowest BCUT2D eigenvalue weighted by molar-refractivity contribution is -0.127. The van der Waals surface area contributed by atoms with Gasteiger partial charge in [0.05, 0.1) is 10.8 Å². The molecule has 2 unspecified atom stereocenters. The van der Waals surface area contributed by atoms with E-state index in [-0.39, 0.29) is 30.4 Å². The maximum atomic E-state index is 13.3. The summed E-state index contributed by atoms with van der Waals surface area (Å²) in [6, 6.07) is 31.0. The third-order valence-electron chi connectivity index (χ3n) is 8.38. The van der Waals surface area contributed by atoms with Crippen LogP contribution < -0.4 is 0 Å². The molecule has 2 fully saturated rings. The Balaban J connectivity index is 1.39. The van der Waals surface area contributed by atoms with Gasteiger partial charge in [0.25, 0.3) is 0 Å². The first-order chi connectivity index (χ1) is 23.0. The summed E-state index contributed by atoms with van der Waals surface area (Å²) in [6.07, 6.45) is 6.23. The van der Waals surface area contributed by atoms with Crippen LogP contribution in [0.2, 0.25) is 0 Å². The van der Waals surface area contributed by atoms with Gasteiger partial charge in [-0.3, -0.25) is 4.79 Å². The van der Waals surface area contributed by atoms with Crippen LogP contribution in [-0.2, 0) is 19.0 Å². The van der Waals surface area contributed by atoms with Crippen LogP contribution in [0.25, 0.3) is 0 Å². The fourth-order valence-electron chi connectivity index (χ4n) is 6.12. The van der Waals surface area contributed by atoms with Gasteiger partial charge in [-0.25, -0.2) is 9.59 Å². The third-order valence-corrected chi connectivity index (χ3v) is 10.1. The molecule has 2 saturated heterocycles. The number of carbonyl (C=O) groups excluding carboxylic acids is 3. The van der Waals surface area contributed by atoms with E-state index in [0.29, 0.717) is 39.1 Å². The van der Waals surface area contributed by atoms with Gasteiger partial charge in [-0.15, -0.1) is 11.8 Å². The van der Waals surface area contributed by atoms with Crippen LogP contribution in [0.3, 0.4) is 0 Å². The second kappa shape index (κ2) is 16.2. The van der Waals surface area contributed by atoms with Crippen LogP contribution in [-0.4, -0.2) is 90.0 Å². The Morgan fingerprint density at radius 1 is 0.723 bits per heavy atom. The highest BCUT2D eigenvalue weighted by molar-refractivity contribution is 8.01. The molecule has 0 radical (unpaired) electrons. The van der Waals surface area contributed by atoms with Crippen molar-refractivity contribution in [3.63, 3.8) is 0 Å². The van der Waals surface area contributed by atoms with Gasteiger partial charge >= 0.3 is 12.2 Å². The molecule has 9 heteroatoms. The second-order valence-corrected chi connectivity index (χ2v) is 12.9. The van der Waals surface area contributed by atoms with Crippen LogP contribution >= 0.6 is 11.8 Å². The van der Waals surface area contributed by atoms with Gasteiger partial charge in [0.1, 0.15) is 13.2 Å². The minimum absolute atomic E-state index is 0.0155. The minimum atomic E-state index is -0.550. The number of carbonyl (C=O) groups is 3. The van der Waals surface area contributed by atoms with Crippen LogP contribution in [0.15, 0.2) is 128 Å². The zero-order chi connectivity index (χ0) is 33.1. The van der Waals surface area contributed by atoms with E-state index in [1.807, 2.05) is 36.0 Å². The highest BCUT2D eigenvalue weighted by Crippen LogP contribution is 2.52. The molecule has 244 valence electrons. The molecule has 0 N–H and O–H groups in total. The molecule has 47 heavy (non-hydrogen) atoms. The lowest BCUT2D eigenvalue weighted by atomic mass is 9.84. The molecule has 2 heterocycles. The summed E-state index contributed by atoms with van der Waals surface area (Å²) in [5.74, 6) is -0.160. The fraction of sp³-hybridized carbons (Fsp3) is 0.289. The van der Waals surface area contributed by atoms with E-state index in [9.17, 15) is 14.4 Å². The third kappa shape index (κ3) is 7.97. The summed E-state index contributed by atoms with van der Waals surface area (Å²) in [4.78, 5) is 43.8. The number of benzene rings is 3. The zero-order valence-corrected chi connectivity index (χ0v) is 27.3. The molecule has 2 aliphatic heterocycles. The van der Waals surface area contributed by atoms with Gasteiger partial charge in [0.15, 0.2) is 0 Å². The Morgan fingerprint density at radius 2 is 1.19 bits per heavy atom. The Morgan fingerprint density at radius 3 is 1.68 bits per heavy atom. The summed E-state index contributed by atoms with van der Waals surface area (Å²) >= 11 is 1.82. The van der Waals surface area contributed by atoms with Crippen molar-refractivity contribution in [1.82, 2.24) is 14.7 Å². The molecule has 3 amide bonds. The molecule has 0 aliphatic carbocycles. The molecular weight excluding hydrogens is 611 g/mol. The van der Waals surface area contributed by atoms with Gasteiger partial charge in [0.2, 0.25) is 5.91 Å². The van der Waals surface area contributed by atoms with E-state index in [4.69, 9.17) is 9.47 Å². The number of piperazine rings is 1. The number of likely N-dealkylation sites (tertiary alicyclic amines) is 1. The zero-order valence-electron chi connectivity index (χ0n) is 26.5. The van der Waals surface area contributed by atoms with E-state index in [1.165, 1.54) is 6.08 Å². The number of hydrogen-bond acceptors (Lipinski definition) is 6. The van der Waals surface area contributed by atoms with Crippen LogP contribution in [0.1, 0.15) is 23.1 Å². The van der Waals surface area contributed by atoms with Gasteiger partial charge < -0.3 is 24.2 Å². The predicted octanol–water partition coefficient (Wildman–Crippen LogP) is 6.50. The smallest absolute Gasteiger partial charge is 0.410 e. The van der Waals surface area contributed by atoms with Crippen molar-refractivity contribution < 1.29 is 23.9 Å². The maximum absolute atomic E-state index is 13.3. The van der Waals surface area contributed by atoms with E-state index in [2.05, 4.69) is 86.0 Å². The monoisotopic (exact) mass is 651 g/mol. The highest BCUT2D eigenvalue weighted by atomic mass is 32.2. The average molecular weight is 652 g/mol. The summed E-state index contributed by atoms with van der Waals surface area (Å²) in [7, 11) is 0. The normalized spacial score (nSPS) is 18.2. The SMILES string of the molecule is C=CCOC(=O)N1CCN(C(=O)C=CC2CC(SC(c3ccccc3)(c3ccccc3)c3ccccc3)CN2C(=O)OCC=C)CC1. The number of rotatable bonds is 11. The fourth-order valence-corrected chi connectivity index (χ4v) is 7.96. The van der Waals surface area contributed by atoms with Gasteiger partial charge in [0, 0.05) is 44.0 Å². The first-order valence-corrected chi connectivity index (χ1v) is 16.7. The number of amides is 3. The minimum Gasteiger partial charge on any atom is -0.445 e. The number of nitrogens with zero attached hydrogens (tertiary/aromatic N) is 3. The molecule has 2 atom stereocenters. The van der Waals surface area contributed by atoms with Crippen LogP contribution in [0, 0.1) is 0 Å². The average Bonchev–Trinajstić information content (AvgIpc) is 3.54. The molecule has 5 rings (SSSR count).